The standard InChI is InChI=1S/C24H25N5OS/c1-2-25-23(30)18-11-12-19(13-18)29-15-27-26-14-21(29)16-7-9-17(10-8-16)24-28-20-5-3-4-6-22(20)31-24/h3-10,14-15,18-19,26H,2,11-13H2,1H3,(H,25,30)/t18-,19+/m0/s1. The number of thiazole rings is 1. The van der Waals surface area contributed by atoms with Gasteiger partial charge in [0.25, 0.3) is 0 Å². The minimum absolute atomic E-state index is 0.0795. The lowest BCUT2D eigenvalue weighted by Crippen LogP contribution is -2.35. The highest BCUT2D eigenvalue weighted by Gasteiger charge is 2.34. The van der Waals surface area contributed by atoms with Gasteiger partial charge in [-0.3, -0.25) is 10.2 Å². The van der Waals surface area contributed by atoms with Crippen LogP contribution in [0.2, 0.25) is 0 Å². The molecule has 2 aromatic carbocycles. The Morgan fingerprint density at radius 2 is 1.97 bits per heavy atom. The van der Waals surface area contributed by atoms with E-state index in [0.717, 1.165) is 46.6 Å². The summed E-state index contributed by atoms with van der Waals surface area (Å²) >= 11 is 1.71. The Balaban J connectivity index is 1.35. The average molecular weight is 432 g/mol. The van der Waals surface area contributed by atoms with Crippen molar-refractivity contribution in [2.75, 3.05) is 6.54 Å². The predicted molar refractivity (Wildman–Crippen MR) is 126 cm³/mol. The number of carbonyl (C=O) groups excluding carboxylic acids is 1. The van der Waals surface area contributed by atoms with E-state index in [1.807, 2.05) is 31.6 Å². The van der Waals surface area contributed by atoms with E-state index in [1.165, 1.54) is 4.70 Å². The zero-order valence-corrected chi connectivity index (χ0v) is 18.2. The average Bonchev–Trinajstić information content (AvgIpc) is 3.47. The molecule has 0 spiro atoms. The molecule has 5 rings (SSSR count). The van der Waals surface area contributed by atoms with Gasteiger partial charge in [-0.2, -0.15) is 5.10 Å². The molecule has 1 aliphatic carbocycles. The summed E-state index contributed by atoms with van der Waals surface area (Å²) in [6.45, 7) is 2.65. The first-order chi connectivity index (χ1) is 15.2. The minimum atomic E-state index is 0.0795. The summed E-state index contributed by atoms with van der Waals surface area (Å²) in [4.78, 5) is 19.2. The van der Waals surface area contributed by atoms with Crippen LogP contribution in [0.25, 0.3) is 26.5 Å². The minimum Gasteiger partial charge on any atom is -0.356 e. The summed E-state index contributed by atoms with van der Waals surface area (Å²) < 4.78 is 1.20. The fourth-order valence-corrected chi connectivity index (χ4v) is 5.37. The number of hydrazone groups is 1. The Bertz CT molecular complexity index is 1120. The van der Waals surface area contributed by atoms with Gasteiger partial charge >= 0.3 is 0 Å². The van der Waals surface area contributed by atoms with Gasteiger partial charge in [0.05, 0.1) is 15.9 Å². The van der Waals surface area contributed by atoms with Crippen LogP contribution in [0.15, 0.2) is 59.8 Å². The molecule has 2 aliphatic rings. The van der Waals surface area contributed by atoms with Crippen LogP contribution in [0.4, 0.5) is 0 Å². The van der Waals surface area contributed by atoms with Crippen LogP contribution >= 0.6 is 11.3 Å². The molecule has 0 unspecified atom stereocenters. The number of benzene rings is 2. The molecule has 31 heavy (non-hydrogen) atoms. The number of carbonyl (C=O) groups is 1. The van der Waals surface area contributed by atoms with Crippen molar-refractivity contribution < 1.29 is 4.79 Å². The van der Waals surface area contributed by atoms with E-state index in [0.29, 0.717) is 6.54 Å². The molecule has 2 N–H and O–H groups in total. The van der Waals surface area contributed by atoms with E-state index in [-0.39, 0.29) is 17.9 Å². The molecule has 3 aromatic rings. The molecule has 0 bridgehead atoms. The van der Waals surface area contributed by atoms with Gasteiger partial charge in [-0.1, -0.05) is 36.4 Å². The largest absolute Gasteiger partial charge is 0.356 e. The quantitative estimate of drug-likeness (QED) is 0.628. The lowest BCUT2D eigenvalue weighted by Gasteiger charge is -2.31. The maximum atomic E-state index is 12.3. The summed E-state index contributed by atoms with van der Waals surface area (Å²) in [6.07, 6.45) is 6.53. The van der Waals surface area contributed by atoms with E-state index < -0.39 is 0 Å². The zero-order valence-electron chi connectivity index (χ0n) is 17.4. The number of nitrogens with zero attached hydrogens (tertiary/aromatic N) is 3. The second-order valence-electron chi connectivity index (χ2n) is 7.93. The molecule has 1 aliphatic heterocycles. The molecule has 0 radical (unpaired) electrons. The van der Waals surface area contributed by atoms with Crippen molar-refractivity contribution in [3.05, 3.63) is 60.3 Å². The highest BCUT2D eigenvalue weighted by Crippen LogP contribution is 2.35. The highest BCUT2D eigenvalue weighted by atomic mass is 32.1. The van der Waals surface area contributed by atoms with Gasteiger partial charge in [0.1, 0.15) is 11.3 Å². The number of para-hydroxylation sites is 1. The van der Waals surface area contributed by atoms with Gasteiger partial charge in [0.2, 0.25) is 5.91 Å². The molecular formula is C24H25N5OS. The monoisotopic (exact) mass is 431 g/mol. The summed E-state index contributed by atoms with van der Waals surface area (Å²) in [5, 5.41) is 8.23. The van der Waals surface area contributed by atoms with E-state index in [2.05, 4.69) is 57.1 Å². The Hall–Kier alpha value is -3.19. The molecule has 1 amide bonds. The smallest absolute Gasteiger partial charge is 0.223 e. The van der Waals surface area contributed by atoms with Crippen LogP contribution in [-0.2, 0) is 4.79 Å². The SMILES string of the molecule is CCNC(=O)[C@H]1CC[C@@H](N2C=NNC=C2c2ccc(-c3nc4ccccc4s3)cc2)C1. The zero-order chi connectivity index (χ0) is 21.2. The van der Waals surface area contributed by atoms with Crippen LogP contribution in [0, 0.1) is 5.92 Å². The molecule has 7 heteroatoms. The molecule has 2 heterocycles. The number of aromatic nitrogens is 1. The number of hydrogen-bond donors (Lipinski definition) is 2. The van der Waals surface area contributed by atoms with Gasteiger partial charge in [0.15, 0.2) is 0 Å². The Kier molecular flexibility index (Phi) is 5.42. The first kappa shape index (κ1) is 19.8. The molecule has 1 saturated carbocycles. The van der Waals surface area contributed by atoms with Crippen LogP contribution in [0.5, 0.6) is 0 Å². The van der Waals surface area contributed by atoms with Gasteiger partial charge in [-0.05, 0) is 43.9 Å². The van der Waals surface area contributed by atoms with Crippen molar-refractivity contribution in [1.82, 2.24) is 20.6 Å². The molecule has 2 atom stereocenters. The second kappa shape index (κ2) is 8.51. The van der Waals surface area contributed by atoms with Crippen LogP contribution in [0.1, 0.15) is 31.7 Å². The summed E-state index contributed by atoms with van der Waals surface area (Å²) in [5.74, 6) is 0.249. The summed E-state index contributed by atoms with van der Waals surface area (Å²) in [6, 6.07) is 17.0. The molecule has 1 aromatic heterocycles. The lowest BCUT2D eigenvalue weighted by molar-refractivity contribution is -0.124. The van der Waals surface area contributed by atoms with Crippen LogP contribution < -0.4 is 10.7 Å². The Morgan fingerprint density at radius 1 is 1.16 bits per heavy atom. The molecule has 6 nitrogen and oxygen atoms in total. The van der Waals surface area contributed by atoms with Crippen molar-refractivity contribution >= 4 is 39.5 Å². The molecule has 158 valence electrons. The summed E-state index contributed by atoms with van der Waals surface area (Å²) in [5.41, 5.74) is 7.33. The van der Waals surface area contributed by atoms with E-state index in [9.17, 15) is 4.79 Å². The van der Waals surface area contributed by atoms with Crippen molar-refractivity contribution in [3.63, 3.8) is 0 Å². The lowest BCUT2D eigenvalue weighted by atomic mass is 10.0. The van der Waals surface area contributed by atoms with E-state index >= 15 is 0 Å². The van der Waals surface area contributed by atoms with Crippen molar-refractivity contribution in [2.45, 2.75) is 32.2 Å². The third-order valence-corrected chi connectivity index (χ3v) is 7.06. The number of hydrogen-bond acceptors (Lipinski definition) is 6. The highest BCUT2D eigenvalue weighted by molar-refractivity contribution is 7.21. The van der Waals surface area contributed by atoms with E-state index in [4.69, 9.17) is 4.98 Å². The second-order valence-corrected chi connectivity index (χ2v) is 8.96. The van der Waals surface area contributed by atoms with Crippen LogP contribution in [0.3, 0.4) is 0 Å². The van der Waals surface area contributed by atoms with Crippen molar-refractivity contribution in [1.29, 1.82) is 0 Å². The van der Waals surface area contributed by atoms with Gasteiger partial charge in [-0.25, -0.2) is 4.98 Å². The normalized spacial score (nSPS) is 20.5. The van der Waals surface area contributed by atoms with Crippen molar-refractivity contribution in [3.8, 4) is 10.6 Å². The van der Waals surface area contributed by atoms with Gasteiger partial charge < -0.3 is 10.2 Å². The third-order valence-electron chi connectivity index (χ3n) is 5.98. The molecular weight excluding hydrogens is 406 g/mol. The topological polar surface area (TPSA) is 69.6 Å². The Labute approximate surface area is 185 Å². The number of amides is 1. The maximum Gasteiger partial charge on any atom is 0.223 e. The fourth-order valence-electron chi connectivity index (χ4n) is 4.40. The first-order valence-corrected chi connectivity index (χ1v) is 11.6. The predicted octanol–water partition coefficient (Wildman–Crippen LogP) is 4.42. The molecule has 0 saturated heterocycles. The number of rotatable bonds is 5. The fraction of sp³-hybridized carbons (Fsp3) is 0.292. The van der Waals surface area contributed by atoms with Crippen LogP contribution in [-0.4, -0.2) is 34.7 Å². The Morgan fingerprint density at radius 3 is 2.77 bits per heavy atom. The maximum absolute atomic E-state index is 12.3. The van der Waals surface area contributed by atoms with Crippen molar-refractivity contribution in [2.24, 2.45) is 11.0 Å². The van der Waals surface area contributed by atoms with E-state index in [1.54, 1.807) is 11.3 Å². The summed E-state index contributed by atoms with van der Waals surface area (Å²) in [7, 11) is 0. The number of nitrogens with one attached hydrogen (secondary N) is 2. The molecule has 1 fully saturated rings. The van der Waals surface area contributed by atoms with Gasteiger partial charge in [0, 0.05) is 30.3 Å². The van der Waals surface area contributed by atoms with Gasteiger partial charge in [-0.15, -0.1) is 11.3 Å². The number of fused-ring (bicyclic) bond motifs is 1. The first-order valence-electron chi connectivity index (χ1n) is 10.7. The third kappa shape index (κ3) is 3.93.